The highest BCUT2D eigenvalue weighted by atomic mass is 19.4. The van der Waals surface area contributed by atoms with Crippen molar-refractivity contribution in [3.8, 4) is 0 Å². The van der Waals surface area contributed by atoms with E-state index >= 15 is 0 Å². The van der Waals surface area contributed by atoms with Gasteiger partial charge in [-0.1, -0.05) is 48.6 Å². The van der Waals surface area contributed by atoms with Crippen molar-refractivity contribution in [2.75, 3.05) is 6.54 Å². The first-order chi connectivity index (χ1) is 17.7. The molecule has 0 bridgehead atoms. The smallest absolute Gasteiger partial charge is 0.481 e. The number of carboxylic acids is 1. The minimum absolute atomic E-state index is 0.126. The fourth-order valence-electron chi connectivity index (χ4n) is 4.11. The Hall–Kier alpha value is -3.67. The summed E-state index contributed by atoms with van der Waals surface area (Å²) in [6.45, 7) is -0.207. The van der Waals surface area contributed by atoms with Crippen molar-refractivity contribution in [3.05, 3.63) is 89.3 Å². The van der Waals surface area contributed by atoms with Gasteiger partial charge in [0.25, 0.3) is 5.91 Å². The summed E-state index contributed by atoms with van der Waals surface area (Å²) in [5, 5.41) is 10.9. The Morgan fingerprint density at radius 2 is 1.71 bits per heavy atom. The molecule has 204 valence electrons. The minimum atomic E-state index is -5.61. The molecule has 2 unspecified atom stereocenters. The molecule has 38 heavy (non-hydrogen) atoms. The zero-order chi connectivity index (χ0) is 28.1. The summed E-state index contributed by atoms with van der Waals surface area (Å²) in [5.41, 5.74) is -3.30. The number of rotatable bonds is 9. The number of hydrogen-bond acceptors (Lipinski definition) is 3. The Morgan fingerprint density at radius 3 is 2.29 bits per heavy atom. The van der Waals surface area contributed by atoms with Gasteiger partial charge in [-0.2, -0.15) is 13.2 Å². The molecule has 2 aromatic carbocycles. The lowest BCUT2D eigenvalue weighted by Crippen LogP contribution is -2.55. The maximum Gasteiger partial charge on any atom is 0.523 e. The number of benzene rings is 2. The molecule has 0 fully saturated rings. The van der Waals surface area contributed by atoms with Crippen molar-refractivity contribution in [2.24, 2.45) is 5.92 Å². The van der Waals surface area contributed by atoms with Crippen molar-refractivity contribution in [2.45, 2.75) is 37.4 Å². The highest BCUT2D eigenvalue weighted by molar-refractivity contribution is 5.94. The van der Waals surface area contributed by atoms with Gasteiger partial charge < -0.3 is 10.4 Å². The van der Waals surface area contributed by atoms with Crippen LogP contribution < -0.4 is 5.32 Å². The van der Waals surface area contributed by atoms with E-state index in [1.165, 1.54) is 6.07 Å². The van der Waals surface area contributed by atoms with Gasteiger partial charge in [0.15, 0.2) is 5.60 Å². The predicted molar refractivity (Wildman–Crippen MR) is 122 cm³/mol. The SMILES string of the molecule is O=C(O)CCNC(=O)c1ccc(CCC2C=C(c3ccccc3)C=CC2(OC(F)(F)F)C(F)(F)F)c(F)c1. The molecule has 2 atom stereocenters. The van der Waals surface area contributed by atoms with Crippen LogP contribution in [0.2, 0.25) is 0 Å². The summed E-state index contributed by atoms with van der Waals surface area (Å²) in [4.78, 5) is 22.6. The third-order valence-corrected chi connectivity index (χ3v) is 5.94. The molecule has 0 radical (unpaired) electrons. The number of halogens is 7. The fourth-order valence-corrected chi connectivity index (χ4v) is 4.11. The van der Waals surface area contributed by atoms with Crippen molar-refractivity contribution in [1.82, 2.24) is 5.32 Å². The van der Waals surface area contributed by atoms with Crippen LogP contribution in [0.3, 0.4) is 0 Å². The van der Waals surface area contributed by atoms with Crippen LogP contribution in [-0.4, -0.2) is 41.7 Å². The van der Waals surface area contributed by atoms with Gasteiger partial charge in [0.05, 0.1) is 6.42 Å². The van der Waals surface area contributed by atoms with Gasteiger partial charge in [-0.15, -0.1) is 13.2 Å². The van der Waals surface area contributed by atoms with Gasteiger partial charge in [-0.25, -0.2) is 4.39 Å². The molecule has 3 rings (SSSR count). The first-order valence-electron chi connectivity index (χ1n) is 11.3. The summed E-state index contributed by atoms with van der Waals surface area (Å²) in [6.07, 6.45) is -10.1. The largest absolute Gasteiger partial charge is 0.523 e. The monoisotopic (exact) mass is 545 g/mol. The number of aliphatic carboxylic acids is 1. The van der Waals surface area contributed by atoms with Crippen molar-refractivity contribution < 1.29 is 50.2 Å². The van der Waals surface area contributed by atoms with Crippen LogP contribution in [0.25, 0.3) is 5.57 Å². The molecule has 2 aromatic rings. The molecule has 0 aliphatic heterocycles. The highest BCUT2D eigenvalue weighted by Gasteiger charge is 2.63. The predicted octanol–water partition coefficient (Wildman–Crippen LogP) is 6.07. The molecule has 0 heterocycles. The number of hydrogen-bond donors (Lipinski definition) is 2. The molecule has 0 saturated carbocycles. The van der Waals surface area contributed by atoms with Crippen molar-refractivity contribution in [3.63, 3.8) is 0 Å². The minimum Gasteiger partial charge on any atom is -0.481 e. The van der Waals surface area contributed by atoms with Crippen LogP contribution in [0.1, 0.15) is 34.3 Å². The number of nitrogens with one attached hydrogen (secondary N) is 1. The van der Waals surface area contributed by atoms with E-state index in [1.54, 1.807) is 30.3 Å². The quantitative estimate of drug-likeness (QED) is 0.375. The maximum absolute atomic E-state index is 14.7. The molecule has 0 spiro atoms. The molecule has 0 aromatic heterocycles. The maximum atomic E-state index is 14.7. The van der Waals surface area contributed by atoms with E-state index in [0.717, 1.165) is 24.3 Å². The van der Waals surface area contributed by atoms with Gasteiger partial charge in [-0.3, -0.25) is 14.3 Å². The Labute approximate surface area is 212 Å². The van der Waals surface area contributed by atoms with Crippen LogP contribution in [-0.2, 0) is 16.0 Å². The van der Waals surface area contributed by atoms with E-state index in [1.807, 2.05) is 0 Å². The van der Waals surface area contributed by atoms with Gasteiger partial charge in [-0.05, 0) is 47.8 Å². The van der Waals surface area contributed by atoms with E-state index in [0.29, 0.717) is 11.6 Å². The molecule has 1 aliphatic rings. The first kappa shape index (κ1) is 28.9. The van der Waals surface area contributed by atoms with Crippen molar-refractivity contribution in [1.29, 1.82) is 0 Å². The van der Waals surface area contributed by atoms with Crippen LogP contribution >= 0.6 is 0 Å². The Kier molecular flexibility index (Phi) is 8.65. The molecule has 12 heteroatoms. The number of ether oxygens (including phenoxy) is 1. The van der Waals surface area contributed by atoms with Crippen LogP contribution in [0.4, 0.5) is 30.7 Å². The van der Waals surface area contributed by atoms with E-state index < -0.39 is 54.6 Å². The van der Waals surface area contributed by atoms with E-state index in [-0.39, 0.29) is 29.7 Å². The average molecular weight is 545 g/mol. The summed E-state index contributed by atoms with van der Waals surface area (Å²) in [7, 11) is 0. The number of amides is 1. The summed E-state index contributed by atoms with van der Waals surface area (Å²) < 4.78 is 100. The standard InChI is InChI=1S/C26H22F7NO4/c27-21-15-19(23(37)34-13-11-22(35)36)7-6-17(21)8-9-20-14-18(16-4-2-1-3-5-16)10-12-24(20,25(28,29)30)38-26(31,32)33/h1-7,10,12,14-15,20H,8-9,11,13H2,(H,34,37)(H,35,36). The molecular formula is C26H22F7NO4. The van der Waals surface area contributed by atoms with Crippen LogP contribution in [0.15, 0.2) is 66.8 Å². The summed E-state index contributed by atoms with van der Waals surface area (Å²) in [6, 6.07) is 11.2. The van der Waals surface area contributed by atoms with E-state index in [9.17, 15) is 40.3 Å². The zero-order valence-electron chi connectivity index (χ0n) is 19.6. The molecule has 5 nitrogen and oxygen atoms in total. The van der Waals surface area contributed by atoms with Gasteiger partial charge in [0, 0.05) is 18.0 Å². The normalized spacial score (nSPS) is 19.7. The number of carboxylic acid groups (broad SMARTS) is 1. The van der Waals surface area contributed by atoms with Crippen molar-refractivity contribution >= 4 is 17.4 Å². The molecule has 2 N–H and O–H groups in total. The number of carbonyl (C=O) groups excluding carboxylic acids is 1. The Morgan fingerprint density at radius 1 is 1.03 bits per heavy atom. The summed E-state index contributed by atoms with van der Waals surface area (Å²) in [5.74, 6) is -4.75. The van der Waals surface area contributed by atoms with Crippen LogP contribution in [0, 0.1) is 11.7 Å². The number of alkyl halides is 6. The lowest BCUT2D eigenvalue weighted by atomic mass is 9.76. The Balaban J connectivity index is 1.89. The third-order valence-electron chi connectivity index (χ3n) is 5.94. The highest BCUT2D eigenvalue weighted by Crippen LogP contribution is 2.49. The lowest BCUT2D eigenvalue weighted by molar-refractivity contribution is -0.410. The third kappa shape index (κ3) is 7.00. The summed E-state index contributed by atoms with van der Waals surface area (Å²) >= 11 is 0. The second kappa shape index (κ2) is 11.4. The average Bonchev–Trinajstić information content (AvgIpc) is 2.82. The van der Waals surface area contributed by atoms with E-state index in [2.05, 4.69) is 10.1 Å². The molecule has 0 saturated heterocycles. The van der Waals surface area contributed by atoms with Gasteiger partial charge >= 0.3 is 18.5 Å². The zero-order valence-corrected chi connectivity index (χ0v) is 19.6. The van der Waals surface area contributed by atoms with Gasteiger partial charge in [0.2, 0.25) is 0 Å². The topological polar surface area (TPSA) is 75.6 Å². The Bertz CT molecular complexity index is 1220. The number of aryl methyl sites for hydroxylation is 1. The number of carbonyl (C=O) groups is 2. The van der Waals surface area contributed by atoms with E-state index in [4.69, 9.17) is 5.11 Å². The number of allylic oxidation sites excluding steroid dienone is 2. The van der Waals surface area contributed by atoms with Crippen LogP contribution in [0.5, 0.6) is 0 Å². The molecular weight excluding hydrogens is 523 g/mol. The fraction of sp³-hybridized carbons (Fsp3) is 0.308. The second-order valence-electron chi connectivity index (χ2n) is 8.51. The first-order valence-corrected chi connectivity index (χ1v) is 11.3. The second-order valence-corrected chi connectivity index (χ2v) is 8.51. The van der Waals surface area contributed by atoms with Gasteiger partial charge in [0.1, 0.15) is 5.82 Å². The lowest BCUT2D eigenvalue weighted by Gasteiger charge is -2.41. The molecule has 1 aliphatic carbocycles. The molecule has 1 amide bonds.